The van der Waals surface area contributed by atoms with Crippen molar-refractivity contribution in [2.45, 2.75) is 38.1 Å². The van der Waals surface area contributed by atoms with Crippen LogP contribution in [-0.2, 0) is 7.05 Å². The largest absolute Gasteiger partial charge is 0.310 e. The molecule has 1 heterocycles. The second kappa shape index (κ2) is 3.69. The second-order valence-electron chi connectivity index (χ2n) is 3.98. The van der Waals surface area contributed by atoms with Gasteiger partial charge in [-0.3, -0.25) is 4.68 Å². The molecular weight excluding hydrogens is 176 g/mol. The Balaban J connectivity index is 2.22. The van der Waals surface area contributed by atoms with E-state index in [9.17, 15) is 0 Å². The maximum Gasteiger partial charge on any atom is 0.154 e. The molecule has 0 aliphatic heterocycles. The second-order valence-corrected chi connectivity index (χ2v) is 3.98. The van der Waals surface area contributed by atoms with Crippen molar-refractivity contribution in [3.05, 3.63) is 11.6 Å². The number of hydrogen-bond acceptors (Lipinski definition) is 3. The average molecular weight is 194 g/mol. The van der Waals surface area contributed by atoms with Gasteiger partial charge in [-0.15, -0.1) is 0 Å². The number of nitrogens with one attached hydrogen (secondary N) is 1. The van der Waals surface area contributed by atoms with Crippen LogP contribution >= 0.6 is 0 Å². The van der Waals surface area contributed by atoms with Gasteiger partial charge < -0.3 is 5.32 Å². The van der Waals surface area contributed by atoms with Gasteiger partial charge in [-0.1, -0.05) is 6.92 Å². The first-order chi connectivity index (χ1) is 6.76. The Bertz CT molecular complexity index is 310. The summed E-state index contributed by atoms with van der Waals surface area (Å²) in [6, 6.07) is 0.333. The molecule has 1 unspecified atom stereocenters. The van der Waals surface area contributed by atoms with Crippen molar-refractivity contribution in [2.24, 2.45) is 7.05 Å². The quantitative estimate of drug-likeness (QED) is 0.787. The van der Waals surface area contributed by atoms with E-state index in [-0.39, 0.29) is 0 Å². The summed E-state index contributed by atoms with van der Waals surface area (Å²) in [5.74, 6) is 2.75. The highest BCUT2D eigenvalue weighted by molar-refractivity contribution is 5.07. The summed E-state index contributed by atoms with van der Waals surface area (Å²) in [5.41, 5.74) is 0. The van der Waals surface area contributed by atoms with Crippen LogP contribution in [0.2, 0.25) is 0 Å². The van der Waals surface area contributed by atoms with Crippen LogP contribution in [0.25, 0.3) is 0 Å². The number of aryl methyl sites for hydroxylation is 1. The predicted molar refractivity (Wildman–Crippen MR) is 55.1 cm³/mol. The Morgan fingerprint density at radius 1 is 1.57 bits per heavy atom. The number of rotatable bonds is 4. The van der Waals surface area contributed by atoms with E-state index in [0.717, 1.165) is 18.1 Å². The Labute approximate surface area is 84.7 Å². The van der Waals surface area contributed by atoms with Crippen molar-refractivity contribution < 1.29 is 0 Å². The van der Waals surface area contributed by atoms with Crippen molar-refractivity contribution in [1.29, 1.82) is 0 Å². The zero-order chi connectivity index (χ0) is 10.1. The Morgan fingerprint density at radius 2 is 2.29 bits per heavy atom. The number of hydrogen-bond donors (Lipinski definition) is 1. The lowest BCUT2D eigenvalue weighted by molar-refractivity contribution is 0.513. The van der Waals surface area contributed by atoms with Crippen LogP contribution in [-0.4, -0.2) is 21.8 Å². The summed E-state index contributed by atoms with van der Waals surface area (Å²) < 4.78 is 1.92. The van der Waals surface area contributed by atoms with Crippen LogP contribution in [0.3, 0.4) is 0 Å². The van der Waals surface area contributed by atoms with E-state index in [4.69, 9.17) is 0 Å². The molecule has 1 aromatic heterocycles. The molecule has 0 aromatic carbocycles. The molecule has 0 radical (unpaired) electrons. The summed E-state index contributed by atoms with van der Waals surface area (Å²) in [5, 5.41) is 7.71. The molecule has 1 N–H and O–H groups in total. The summed E-state index contributed by atoms with van der Waals surface area (Å²) in [4.78, 5) is 4.60. The molecular formula is C10H18N4. The van der Waals surface area contributed by atoms with E-state index in [1.807, 2.05) is 18.8 Å². The van der Waals surface area contributed by atoms with Gasteiger partial charge in [0.2, 0.25) is 0 Å². The third kappa shape index (κ3) is 1.66. The van der Waals surface area contributed by atoms with Gasteiger partial charge in [0, 0.05) is 13.0 Å². The van der Waals surface area contributed by atoms with Gasteiger partial charge in [0.15, 0.2) is 5.82 Å². The SMILES string of the molecule is CCC(NC)c1nc(C2CC2)nn1C. The topological polar surface area (TPSA) is 42.7 Å². The monoisotopic (exact) mass is 194 g/mol. The molecule has 1 aliphatic rings. The number of nitrogens with zero attached hydrogens (tertiary/aromatic N) is 3. The lowest BCUT2D eigenvalue weighted by Crippen LogP contribution is -2.19. The van der Waals surface area contributed by atoms with Crippen molar-refractivity contribution in [1.82, 2.24) is 20.1 Å². The fourth-order valence-corrected chi connectivity index (χ4v) is 1.75. The van der Waals surface area contributed by atoms with E-state index in [1.165, 1.54) is 12.8 Å². The first kappa shape index (κ1) is 9.65. The number of aromatic nitrogens is 3. The summed E-state index contributed by atoms with van der Waals surface area (Å²) >= 11 is 0. The Hall–Kier alpha value is -0.900. The highest BCUT2D eigenvalue weighted by Gasteiger charge is 2.29. The minimum Gasteiger partial charge on any atom is -0.310 e. The molecule has 2 rings (SSSR count). The lowest BCUT2D eigenvalue weighted by Gasteiger charge is -2.11. The van der Waals surface area contributed by atoms with Crippen molar-refractivity contribution in [3.8, 4) is 0 Å². The molecule has 0 spiro atoms. The Kier molecular flexibility index (Phi) is 2.54. The maximum atomic E-state index is 4.60. The van der Waals surface area contributed by atoms with Gasteiger partial charge in [0.1, 0.15) is 5.82 Å². The van der Waals surface area contributed by atoms with Gasteiger partial charge in [0.25, 0.3) is 0 Å². The predicted octanol–water partition coefficient (Wildman–Crippen LogP) is 1.36. The zero-order valence-corrected chi connectivity index (χ0v) is 9.12. The fraction of sp³-hybridized carbons (Fsp3) is 0.800. The van der Waals surface area contributed by atoms with Gasteiger partial charge in [-0.25, -0.2) is 4.98 Å². The van der Waals surface area contributed by atoms with Crippen LogP contribution in [0.4, 0.5) is 0 Å². The summed E-state index contributed by atoms with van der Waals surface area (Å²) in [7, 11) is 3.95. The summed E-state index contributed by atoms with van der Waals surface area (Å²) in [6.07, 6.45) is 3.58. The smallest absolute Gasteiger partial charge is 0.154 e. The molecule has 0 bridgehead atoms. The van der Waals surface area contributed by atoms with E-state index in [2.05, 4.69) is 22.3 Å². The highest BCUT2D eigenvalue weighted by Crippen LogP contribution is 2.38. The average Bonchev–Trinajstić information content (AvgIpc) is 2.95. The van der Waals surface area contributed by atoms with E-state index < -0.39 is 0 Å². The molecule has 78 valence electrons. The normalized spacial score (nSPS) is 18.5. The van der Waals surface area contributed by atoms with Crippen molar-refractivity contribution in [2.75, 3.05) is 7.05 Å². The molecule has 4 nitrogen and oxygen atoms in total. The van der Waals surface area contributed by atoms with Crippen LogP contribution in [0.15, 0.2) is 0 Å². The molecule has 1 aromatic rings. The van der Waals surface area contributed by atoms with E-state index in [1.54, 1.807) is 0 Å². The Morgan fingerprint density at radius 3 is 2.79 bits per heavy atom. The van der Waals surface area contributed by atoms with Gasteiger partial charge in [-0.05, 0) is 26.3 Å². The fourth-order valence-electron chi connectivity index (χ4n) is 1.75. The van der Waals surface area contributed by atoms with Gasteiger partial charge >= 0.3 is 0 Å². The van der Waals surface area contributed by atoms with Gasteiger partial charge in [-0.2, -0.15) is 5.10 Å². The van der Waals surface area contributed by atoms with E-state index in [0.29, 0.717) is 12.0 Å². The van der Waals surface area contributed by atoms with Crippen LogP contribution in [0, 0.1) is 0 Å². The minimum absolute atomic E-state index is 0.333. The highest BCUT2D eigenvalue weighted by atomic mass is 15.3. The first-order valence-electron chi connectivity index (χ1n) is 5.34. The third-order valence-corrected chi connectivity index (χ3v) is 2.82. The maximum absolute atomic E-state index is 4.60. The molecule has 0 saturated heterocycles. The minimum atomic E-state index is 0.333. The van der Waals surface area contributed by atoms with Crippen molar-refractivity contribution >= 4 is 0 Å². The molecule has 1 atom stereocenters. The lowest BCUT2D eigenvalue weighted by atomic mass is 10.2. The third-order valence-electron chi connectivity index (χ3n) is 2.82. The molecule has 1 fully saturated rings. The zero-order valence-electron chi connectivity index (χ0n) is 9.12. The molecule has 14 heavy (non-hydrogen) atoms. The van der Waals surface area contributed by atoms with Crippen molar-refractivity contribution in [3.63, 3.8) is 0 Å². The van der Waals surface area contributed by atoms with Crippen LogP contribution in [0.1, 0.15) is 49.8 Å². The first-order valence-corrected chi connectivity index (χ1v) is 5.34. The molecule has 1 saturated carbocycles. The van der Waals surface area contributed by atoms with E-state index >= 15 is 0 Å². The standard InChI is InChI=1S/C10H18N4/c1-4-8(11-2)10-12-9(7-5-6-7)13-14(10)3/h7-8,11H,4-6H2,1-3H3. The van der Waals surface area contributed by atoms with Crippen LogP contribution < -0.4 is 5.32 Å². The van der Waals surface area contributed by atoms with Gasteiger partial charge in [0.05, 0.1) is 6.04 Å². The molecule has 4 heteroatoms. The molecule has 1 aliphatic carbocycles. The summed E-state index contributed by atoms with van der Waals surface area (Å²) in [6.45, 7) is 2.16. The van der Waals surface area contributed by atoms with Crippen LogP contribution in [0.5, 0.6) is 0 Å². The molecule has 0 amide bonds.